The van der Waals surface area contributed by atoms with E-state index < -0.39 is 0 Å². The molecule has 0 spiro atoms. The third kappa shape index (κ3) is 7.70. The van der Waals surface area contributed by atoms with Gasteiger partial charge in [0, 0.05) is 34.1 Å². The Kier molecular flexibility index (Phi) is 10.1. The summed E-state index contributed by atoms with van der Waals surface area (Å²) in [6, 6.07) is 71.3. The first-order chi connectivity index (χ1) is 32.0. The van der Waals surface area contributed by atoms with Crippen LogP contribution in [0.4, 0.5) is 28.4 Å². The summed E-state index contributed by atoms with van der Waals surface area (Å²) in [6.07, 6.45) is 6.38. The summed E-state index contributed by atoms with van der Waals surface area (Å²) in [5, 5.41) is 23.5. The van der Waals surface area contributed by atoms with Gasteiger partial charge in [0.15, 0.2) is 0 Å². The Morgan fingerprint density at radius 3 is 1.31 bits per heavy atom. The van der Waals surface area contributed by atoms with Gasteiger partial charge in [0.1, 0.15) is 22.1 Å². The highest BCUT2D eigenvalue weighted by molar-refractivity contribution is 5.91. The molecule has 8 heteroatoms. The monoisotopic (exact) mass is 838 g/mol. The Hall–Kier alpha value is -8.88. The zero-order chi connectivity index (χ0) is 43.7. The van der Waals surface area contributed by atoms with E-state index in [1.54, 1.807) is 9.59 Å². The molecule has 0 unspecified atom stereocenters. The van der Waals surface area contributed by atoms with Crippen molar-refractivity contribution in [2.45, 2.75) is 6.92 Å². The number of hydrogen-bond donors (Lipinski definition) is 0. The second-order valence-electron chi connectivity index (χ2n) is 15.8. The van der Waals surface area contributed by atoms with Crippen LogP contribution in [0.2, 0.25) is 0 Å². The van der Waals surface area contributed by atoms with Crippen LogP contribution in [0.3, 0.4) is 0 Å². The summed E-state index contributed by atoms with van der Waals surface area (Å²) in [6.45, 7) is 6.70. The topological polar surface area (TPSA) is 67.9 Å². The molecule has 0 saturated heterocycles. The maximum atomic E-state index is 4.71. The van der Waals surface area contributed by atoms with Gasteiger partial charge in [0.05, 0.1) is 11.4 Å². The van der Waals surface area contributed by atoms with E-state index in [0.29, 0.717) is 0 Å². The van der Waals surface area contributed by atoms with Gasteiger partial charge in [0.2, 0.25) is 0 Å². The minimum Gasteiger partial charge on any atom is -0.311 e. The lowest BCUT2D eigenvalue weighted by atomic mass is 10.0. The first-order valence-electron chi connectivity index (χ1n) is 21.6. The van der Waals surface area contributed by atoms with E-state index in [2.05, 4.69) is 187 Å². The number of nitrogens with zero attached hydrogens (tertiary/aromatic N) is 8. The standard InChI is InChI=1S/C57H42N8/c1-3-41(21-20-40(2)62(52-28-24-42-12-4-6-14-45(42)38-52)47-30-34-50(35-31-47)64-58-54-16-8-9-17-55(54)59-64)44-22-26-48(27-23-44)63(53-29-25-43-13-5-7-15-46(43)39-53)49-32-36-51(37-33-49)65-60-56-18-10-11-19-57(56)61-65/h3-39H,2H2,1H3/b21-20-,41-3+. The first kappa shape index (κ1) is 39.0. The zero-order valence-electron chi connectivity index (χ0n) is 35.6. The van der Waals surface area contributed by atoms with E-state index in [4.69, 9.17) is 20.4 Å². The smallest absolute Gasteiger partial charge is 0.113 e. The quantitative estimate of drug-likeness (QED) is 0.121. The van der Waals surface area contributed by atoms with Gasteiger partial charge >= 0.3 is 0 Å². The molecular formula is C57H42N8. The van der Waals surface area contributed by atoms with E-state index in [1.807, 2.05) is 60.7 Å². The number of hydrogen-bond acceptors (Lipinski definition) is 6. The minimum absolute atomic E-state index is 0.816. The normalized spacial score (nSPS) is 11.9. The molecule has 9 aromatic carbocycles. The molecule has 2 heterocycles. The number of allylic oxidation sites excluding steroid dienone is 4. The van der Waals surface area contributed by atoms with Crippen molar-refractivity contribution in [2.75, 3.05) is 9.80 Å². The van der Waals surface area contributed by atoms with E-state index in [1.165, 1.54) is 16.2 Å². The molecule has 11 aromatic rings. The molecule has 0 aliphatic heterocycles. The molecule has 0 saturated carbocycles. The molecule has 310 valence electrons. The van der Waals surface area contributed by atoms with E-state index in [9.17, 15) is 0 Å². The Morgan fingerprint density at radius 2 is 0.815 bits per heavy atom. The highest BCUT2D eigenvalue weighted by Crippen LogP contribution is 2.38. The average Bonchev–Trinajstić information content (AvgIpc) is 4.01. The fraction of sp³-hybridized carbons (Fsp3) is 0.0175. The summed E-state index contributed by atoms with van der Waals surface area (Å²) in [4.78, 5) is 7.86. The molecule has 0 aliphatic rings. The molecule has 0 N–H and O–H groups in total. The van der Waals surface area contributed by atoms with Crippen LogP contribution in [0.5, 0.6) is 0 Å². The molecule has 0 amide bonds. The SMILES string of the molecule is C=C(/C=C\C(=C/C)c1ccc(N(c2ccc(-n3nc4ccccc4n3)cc2)c2ccc3ccccc3c2)cc1)N(c1ccc(-n2nc3ccccc3n2)cc1)c1ccc2ccccc2c1. The summed E-state index contributed by atoms with van der Waals surface area (Å²) in [5.74, 6) is 0. The van der Waals surface area contributed by atoms with Crippen LogP contribution in [0.1, 0.15) is 12.5 Å². The van der Waals surface area contributed by atoms with E-state index in [0.717, 1.165) is 84.1 Å². The summed E-state index contributed by atoms with van der Waals surface area (Å²) in [5.41, 5.74) is 13.3. The number of rotatable bonds is 11. The van der Waals surface area contributed by atoms with Crippen LogP contribution >= 0.6 is 0 Å². The molecule has 11 rings (SSSR count). The maximum absolute atomic E-state index is 4.71. The van der Waals surface area contributed by atoms with E-state index in [-0.39, 0.29) is 0 Å². The molecule has 8 nitrogen and oxygen atoms in total. The molecule has 0 aliphatic carbocycles. The van der Waals surface area contributed by atoms with Gasteiger partial charge in [0.25, 0.3) is 0 Å². The van der Waals surface area contributed by atoms with Crippen molar-refractivity contribution in [2.24, 2.45) is 0 Å². The number of benzene rings is 9. The molecular weight excluding hydrogens is 797 g/mol. The Morgan fingerprint density at radius 1 is 0.415 bits per heavy atom. The summed E-state index contributed by atoms with van der Waals surface area (Å²) < 4.78 is 0. The van der Waals surface area contributed by atoms with Crippen LogP contribution < -0.4 is 9.80 Å². The molecule has 0 fully saturated rings. The van der Waals surface area contributed by atoms with Crippen LogP contribution in [0.25, 0.3) is 60.6 Å². The lowest BCUT2D eigenvalue weighted by molar-refractivity contribution is 0.765. The van der Waals surface area contributed by atoms with Gasteiger partial charge in [-0.25, -0.2) is 0 Å². The molecule has 0 atom stereocenters. The Bertz CT molecular complexity index is 3510. The second kappa shape index (κ2) is 16.8. The van der Waals surface area contributed by atoms with Gasteiger partial charge in [-0.3, -0.25) is 0 Å². The number of aromatic nitrogens is 6. The fourth-order valence-corrected chi connectivity index (χ4v) is 8.40. The van der Waals surface area contributed by atoms with Crippen molar-refractivity contribution in [3.8, 4) is 11.4 Å². The summed E-state index contributed by atoms with van der Waals surface area (Å²) >= 11 is 0. The number of anilines is 5. The Labute approximate surface area is 376 Å². The highest BCUT2D eigenvalue weighted by Gasteiger charge is 2.17. The fourth-order valence-electron chi connectivity index (χ4n) is 8.40. The maximum Gasteiger partial charge on any atom is 0.113 e. The van der Waals surface area contributed by atoms with Crippen molar-refractivity contribution in [1.82, 2.24) is 30.0 Å². The minimum atomic E-state index is 0.816. The molecule has 0 radical (unpaired) electrons. The van der Waals surface area contributed by atoms with Gasteiger partial charge in [-0.05, 0) is 155 Å². The van der Waals surface area contributed by atoms with Crippen molar-refractivity contribution in [3.63, 3.8) is 0 Å². The third-order valence-electron chi connectivity index (χ3n) is 11.7. The van der Waals surface area contributed by atoms with Crippen molar-refractivity contribution in [1.29, 1.82) is 0 Å². The largest absolute Gasteiger partial charge is 0.311 e. The lowest BCUT2D eigenvalue weighted by Gasteiger charge is -2.26. The van der Waals surface area contributed by atoms with Gasteiger partial charge in [-0.2, -0.15) is 9.59 Å². The predicted molar refractivity (Wildman–Crippen MR) is 268 cm³/mol. The second-order valence-corrected chi connectivity index (χ2v) is 15.8. The zero-order valence-corrected chi connectivity index (χ0v) is 35.6. The van der Waals surface area contributed by atoms with Crippen molar-refractivity contribution >= 4 is 77.6 Å². The molecule has 0 bridgehead atoms. The lowest BCUT2D eigenvalue weighted by Crippen LogP contribution is -2.14. The van der Waals surface area contributed by atoms with Crippen LogP contribution in [-0.2, 0) is 0 Å². The Balaban J connectivity index is 0.897. The van der Waals surface area contributed by atoms with Crippen LogP contribution in [-0.4, -0.2) is 30.0 Å². The van der Waals surface area contributed by atoms with Crippen LogP contribution in [0.15, 0.2) is 237 Å². The number of fused-ring (bicyclic) bond motifs is 4. The summed E-state index contributed by atoms with van der Waals surface area (Å²) in [7, 11) is 0. The van der Waals surface area contributed by atoms with E-state index >= 15 is 0 Å². The predicted octanol–water partition coefficient (Wildman–Crippen LogP) is 14.2. The van der Waals surface area contributed by atoms with Crippen LogP contribution in [0, 0.1) is 0 Å². The average molecular weight is 839 g/mol. The van der Waals surface area contributed by atoms with Gasteiger partial charge in [-0.1, -0.05) is 116 Å². The third-order valence-corrected chi connectivity index (χ3v) is 11.7. The van der Waals surface area contributed by atoms with Gasteiger partial charge < -0.3 is 9.80 Å². The van der Waals surface area contributed by atoms with Gasteiger partial charge in [-0.15, -0.1) is 20.4 Å². The molecule has 65 heavy (non-hydrogen) atoms. The first-order valence-corrected chi connectivity index (χ1v) is 21.6. The molecule has 2 aromatic heterocycles. The van der Waals surface area contributed by atoms with Crippen molar-refractivity contribution in [3.05, 3.63) is 242 Å². The highest BCUT2D eigenvalue weighted by atomic mass is 15.5. The van der Waals surface area contributed by atoms with Crippen molar-refractivity contribution < 1.29 is 0 Å².